The number of carbonyl (C=O) groups excluding carboxylic acids is 1. The maximum Gasteiger partial charge on any atom is 0.173 e. The number of ether oxygens (including phenoxy) is 3. The Balaban J connectivity index is 2.15. The number of Topliss-reactive ketones (excluding diaryl/α,β-unsaturated/α-hetero) is 1. The summed E-state index contributed by atoms with van der Waals surface area (Å²) in [6.07, 6.45) is 7.03. The Hall–Kier alpha value is -0.870. The molecule has 1 aliphatic carbocycles. The van der Waals surface area contributed by atoms with Gasteiger partial charge in [0.2, 0.25) is 0 Å². The van der Waals surface area contributed by atoms with Gasteiger partial charge in [0.05, 0.1) is 26.6 Å². The van der Waals surface area contributed by atoms with E-state index in [0.717, 1.165) is 37.7 Å². The molecule has 0 bridgehead atoms. The van der Waals surface area contributed by atoms with Gasteiger partial charge in [-0.25, -0.2) is 0 Å². The lowest BCUT2D eigenvalue weighted by Crippen LogP contribution is -2.51. The molecule has 1 heterocycles. The van der Waals surface area contributed by atoms with Crippen LogP contribution in [0.1, 0.15) is 59.3 Å². The van der Waals surface area contributed by atoms with Gasteiger partial charge >= 0.3 is 0 Å². The maximum atomic E-state index is 12.3. The molecule has 2 rings (SSSR count). The molecule has 22 heavy (non-hydrogen) atoms. The summed E-state index contributed by atoms with van der Waals surface area (Å²) in [7, 11) is 1.59. The Bertz CT molecular complexity index is 419. The summed E-state index contributed by atoms with van der Waals surface area (Å²) in [5.41, 5.74) is 0.637. The normalized spacial score (nSPS) is 27.4. The van der Waals surface area contributed by atoms with Crippen LogP contribution in [0.5, 0.6) is 0 Å². The fraction of sp³-hybridized carbons (Fsp3) is 0.833. The molecule has 0 radical (unpaired) electrons. The SMILES string of the molecule is CCCCC1(C(C)(C)[C@@H]2CC/C(=C\OC)C(=O)C2)OCCO1. The van der Waals surface area contributed by atoms with Crippen LogP contribution in [0.3, 0.4) is 0 Å². The van der Waals surface area contributed by atoms with Crippen molar-refractivity contribution in [3.05, 3.63) is 11.8 Å². The summed E-state index contributed by atoms with van der Waals surface area (Å²) in [5.74, 6) is -0.0463. The molecule has 0 N–H and O–H groups in total. The molecule has 0 aromatic heterocycles. The second-order valence-electron chi connectivity index (χ2n) is 7.02. The lowest BCUT2D eigenvalue weighted by atomic mass is 9.64. The lowest BCUT2D eigenvalue weighted by molar-refractivity contribution is -0.249. The van der Waals surface area contributed by atoms with Crippen LogP contribution in [-0.4, -0.2) is 31.9 Å². The van der Waals surface area contributed by atoms with Gasteiger partial charge in [0.1, 0.15) is 0 Å². The molecule has 1 atom stereocenters. The third-order valence-electron chi connectivity index (χ3n) is 5.43. The number of rotatable bonds is 6. The molecule has 126 valence electrons. The topological polar surface area (TPSA) is 44.8 Å². The first-order valence-corrected chi connectivity index (χ1v) is 8.50. The number of methoxy groups -OCH3 is 1. The molecule has 0 amide bonds. The van der Waals surface area contributed by atoms with Gasteiger partial charge in [0.15, 0.2) is 11.6 Å². The molecule has 0 aromatic rings. The van der Waals surface area contributed by atoms with Crippen LogP contribution in [-0.2, 0) is 19.0 Å². The summed E-state index contributed by atoms with van der Waals surface area (Å²) in [6.45, 7) is 7.90. The Morgan fingerprint density at radius 3 is 2.59 bits per heavy atom. The summed E-state index contributed by atoms with van der Waals surface area (Å²) in [5, 5.41) is 0. The minimum Gasteiger partial charge on any atom is -0.504 e. The van der Waals surface area contributed by atoms with Crippen molar-refractivity contribution >= 4 is 5.78 Å². The number of hydrogen-bond donors (Lipinski definition) is 0. The highest BCUT2D eigenvalue weighted by molar-refractivity contribution is 5.96. The average Bonchev–Trinajstić information content (AvgIpc) is 2.98. The molecule has 2 aliphatic rings. The van der Waals surface area contributed by atoms with E-state index in [2.05, 4.69) is 20.8 Å². The van der Waals surface area contributed by atoms with Gasteiger partial charge in [-0.3, -0.25) is 4.79 Å². The van der Waals surface area contributed by atoms with E-state index >= 15 is 0 Å². The molecular formula is C18H30O4. The van der Waals surface area contributed by atoms with Crippen LogP contribution < -0.4 is 0 Å². The third kappa shape index (κ3) is 3.23. The average molecular weight is 310 g/mol. The van der Waals surface area contributed by atoms with Crippen LogP contribution in [0.2, 0.25) is 0 Å². The molecule has 2 fully saturated rings. The van der Waals surface area contributed by atoms with Gasteiger partial charge in [-0.1, -0.05) is 27.2 Å². The van der Waals surface area contributed by atoms with Gasteiger partial charge in [-0.15, -0.1) is 0 Å². The standard InChI is InChI=1S/C18H30O4/c1-5-6-9-18(21-10-11-22-18)17(2,3)15-8-7-14(13-20-4)16(19)12-15/h13,15H,5-12H2,1-4H3/b14-13+/t15-/m1/s1. The molecule has 1 saturated carbocycles. The van der Waals surface area contributed by atoms with E-state index in [1.54, 1.807) is 13.4 Å². The largest absolute Gasteiger partial charge is 0.504 e. The lowest BCUT2D eigenvalue weighted by Gasteiger charge is -2.48. The second kappa shape index (κ2) is 7.14. The van der Waals surface area contributed by atoms with Gasteiger partial charge in [-0.05, 0) is 25.2 Å². The Labute approximate surface area is 134 Å². The molecule has 4 heteroatoms. The first-order chi connectivity index (χ1) is 10.5. The molecule has 1 saturated heterocycles. The molecule has 4 nitrogen and oxygen atoms in total. The monoisotopic (exact) mass is 310 g/mol. The van der Waals surface area contributed by atoms with E-state index in [-0.39, 0.29) is 17.1 Å². The van der Waals surface area contributed by atoms with E-state index in [0.29, 0.717) is 19.6 Å². The van der Waals surface area contributed by atoms with Crippen molar-refractivity contribution in [2.75, 3.05) is 20.3 Å². The van der Waals surface area contributed by atoms with Crippen LogP contribution in [0.15, 0.2) is 11.8 Å². The summed E-state index contributed by atoms with van der Waals surface area (Å²) in [4.78, 5) is 12.3. The van der Waals surface area contributed by atoms with E-state index in [1.165, 1.54) is 0 Å². The highest BCUT2D eigenvalue weighted by atomic mass is 16.7. The molecular weight excluding hydrogens is 280 g/mol. The second-order valence-corrected chi connectivity index (χ2v) is 7.02. The molecule has 0 spiro atoms. The van der Waals surface area contributed by atoms with Crippen LogP contribution >= 0.6 is 0 Å². The Morgan fingerprint density at radius 2 is 2.05 bits per heavy atom. The molecule has 1 aliphatic heterocycles. The minimum atomic E-state index is -0.531. The van der Waals surface area contributed by atoms with E-state index in [4.69, 9.17) is 14.2 Å². The summed E-state index contributed by atoms with van der Waals surface area (Å²) >= 11 is 0. The van der Waals surface area contributed by atoms with Gasteiger partial charge < -0.3 is 14.2 Å². The van der Waals surface area contributed by atoms with Crippen molar-refractivity contribution in [1.82, 2.24) is 0 Å². The van der Waals surface area contributed by atoms with Crippen molar-refractivity contribution in [3.8, 4) is 0 Å². The van der Waals surface area contributed by atoms with E-state index in [9.17, 15) is 4.79 Å². The zero-order valence-electron chi connectivity index (χ0n) is 14.4. The first kappa shape index (κ1) is 17.5. The van der Waals surface area contributed by atoms with Gasteiger partial charge in [0.25, 0.3) is 0 Å². The van der Waals surface area contributed by atoms with Crippen LogP contribution in [0, 0.1) is 11.3 Å². The van der Waals surface area contributed by atoms with Gasteiger partial charge in [-0.2, -0.15) is 0 Å². The van der Waals surface area contributed by atoms with Gasteiger partial charge in [0, 0.05) is 23.8 Å². The van der Waals surface area contributed by atoms with Crippen molar-refractivity contribution in [3.63, 3.8) is 0 Å². The third-order valence-corrected chi connectivity index (χ3v) is 5.43. The highest BCUT2D eigenvalue weighted by Crippen LogP contribution is 2.51. The van der Waals surface area contributed by atoms with E-state index in [1.807, 2.05) is 0 Å². The zero-order valence-corrected chi connectivity index (χ0v) is 14.4. The fourth-order valence-corrected chi connectivity index (χ4v) is 3.82. The Kier molecular flexibility index (Phi) is 5.67. The first-order valence-electron chi connectivity index (χ1n) is 8.50. The van der Waals surface area contributed by atoms with Crippen molar-refractivity contribution in [2.24, 2.45) is 11.3 Å². The quantitative estimate of drug-likeness (QED) is 0.552. The number of hydrogen-bond acceptors (Lipinski definition) is 4. The minimum absolute atomic E-state index is 0.174. The van der Waals surface area contributed by atoms with Crippen LogP contribution in [0.4, 0.5) is 0 Å². The highest BCUT2D eigenvalue weighted by Gasteiger charge is 2.54. The summed E-state index contributed by atoms with van der Waals surface area (Å²) in [6, 6.07) is 0. The number of ketones is 1. The van der Waals surface area contributed by atoms with Crippen molar-refractivity contribution < 1.29 is 19.0 Å². The predicted octanol–water partition coefficient (Wildman–Crippen LogP) is 3.85. The number of carbonyl (C=O) groups is 1. The van der Waals surface area contributed by atoms with Crippen molar-refractivity contribution in [2.45, 2.75) is 65.1 Å². The predicted molar refractivity (Wildman–Crippen MR) is 85.4 cm³/mol. The smallest absolute Gasteiger partial charge is 0.173 e. The fourth-order valence-electron chi connectivity index (χ4n) is 3.82. The molecule has 0 aromatic carbocycles. The number of allylic oxidation sites excluding steroid dienone is 1. The number of unbranched alkanes of at least 4 members (excludes halogenated alkanes) is 1. The maximum absolute atomic E-state index is 12.3. The van der Waals surface area contributed by atoms with Crippen LogP contribution in [0.25, 0.3) is 0 Å². The molecule has 0 unspecified atom stereocenters. The summed E-state index contributed by atoms with van der Waals surface area (Å²) < 4.78 is 17.2. The zero-order chi connectivity index (χ0) is 16.2. The van der Waals surface area contributed by atoms with E-state index < -0.39 is 5.79 Å². The van der Waals surface area contributed by atoms with Crippen molar-refractivity contribution in [1.29, 1.82) is 0 Å². The Morgan fingerprint density at radius 1 is 1.36 bits per heavy atom.